The van der Waals surface area contributed by atoms with Gasteiger partial charge in [-0.15, -0.1) is 0 Å². The van der Waals surface area contributed by atoms with E-state index in [0.717, 1.165) is 12.8 Å². The molecule has 0 heterocycles. The van der Waals surface area contributed by atoms with Crippen LogP contribution >= 0.6 is 0 Å². The molecule has 12 heteroatoms. The minimum Gasteiger partial charge on any atom is -0.475 e. The lowest BCUT2D eigenvalue weighted by Gasteiger charge is -2.52. The maximum absolute atomic E-state index is 12.9. The van der Waals surface area contributed by atoms with Crippen molar-refractivity contribution in [1.82, 2.24) is 0 Å². The van der Waals surface area contributed by atoms with E-state index in [4.69, 9.17) is 47.4 Å². The Balaban J connectivity index is 3.89. The average Bonchev–Trinajstić information content (AvgIpc) is 3.09. The van der Waals surface area contributed by atoms with Crippen LogP contribution in [0.2, 0.25) is 0 Å². The van der Waals surface area contributed by atoms with Gasteiger partial charge in [-0.1, -0.05) is 64.5 Å². The van der Waals surface area contributed by atoms with Crippen molar-refractivity contribution in [3.8, 4) is 5.75 Å². The van der Waals surface area contributed by atoms with Crippen LogP contribution in [-0.2, 0) is 53.8 Å². The van der Waals surface area contributed by atoms with E-state index in [1.165, 1.54) is 44.1 Å². The molecule has 0 bridgehead atoms. The molecular weight excluding hydrogens is 648 g/mol. The van der Waals surface area contributed by atoms with Crippen LogP contribution in [0.15, 0.2) is 36.0 Å². The second kappa shape index (κ2) is 25.4. The number of hydrogen-bond acceptors (Lipinski definition) is 11. The van der Waals surface area contributed by atoms with Gasteiger partial charge in [-0.25, -0.2) is 4.79 Å². The van der Waals surface area contributed by atoms with Gasteiger partial charge in [-0.2, -0.15) is 0 Å². The lowest BCUT2D eigenvalue weighted by atomic mass is 10.0. The summed E-state index contributed by atoms with van der Waals surface area (Å²) in [5.41, 5.74) is 1.17. The molecule has 0 aliphatic rings. The SMILES string of the molecule is CCCCCCCCCc1ccc(OC(OCC)(OCC)C(OCC)(OCC)C(OCC)(OCC)OC(C(=O)O)=C(OCC)OCCC)cc1. The lowest BCUT2D eigenvalue weighted by Crippen LogP contribution is -2.77. The number of aryl methyl sites for hydroxylation is 1. The molecule has 1 N–H and O–H groups in total. The quantitative estimate of drug-likeness (QED) is 0.0333. The Kier molecular flexibility index (Phi) is 23.0. The van der Waals surface area contributed by atoms with Crippen LogP contribution in [0.5, 0.6) is 5.75 Å². The van der Waals surface area contributed by atoms with Gasteiger partial charge in [0.15, 0.2) is 0 Å². The molecule has 0 fully saturated rings. The van der Waals surface area contributed by atoms with Crippen LogP contribution in [0.3, 0.4) is 0 Å². The zero-order valence-electron chi connectivity index (χ0n) is 32.3. The summed E-state index contributed by atoms with van der Waals surface area (Å²) in [5.74, 6) is -9.41. The highest BCUT2D eigenvalue weighted by atomic mass is 17.0. The molecule has 1 rings (SSSR count). The monoisotopic (exact) mass is 714 g/mol. The number of aliphatic carboxylic acids is 1. The summed E-state index contributed by atoms with van der Waals surface area (Å²) in [6.45, 7) is 16.4. The van der Waals surface area contributed by atoms with Gasteiger partial charge in [0.25, 0.3) is 5.76 Å². The fourth-order valence-corrected chi connectivity index (χ4v) is 5.44. The minimum atomic E-state index is -2.52. The molecule has 290 valence electrons. The van der Waals surface area contributed by atoms with Gasteiger partial charge < -0.3 is 52.5 Å². The van der Waals surface area contributed by atoms with Crippen LogP contribution < -0.4 is 4.74 Å². The standard InChI is InChI=1S/C38H66O12/c1-10-19-20-21-22-23-24-25-31-26-28-32(29-27-31)49-37(45-15-6,46-16-7)36(43-13-4,44-14-5)38(47-17-8,48-18-9)50-33(34(39)40)35(41-12-3)42-30-11-2/h26-29H,10-25,30H2,1-9H3,(H,39,40). The Labute approximate surface area is 301 Å². The first-order valence-electron chi connectivity index (χ1n) is 18.7. The molecule has 1 aromatic carbocycles. The van der Waals surface area contributed by atoms with E-state index >= 15 is 0 Å². The van der Waals surface area contributed by atoms with E-state index < -0.39 is 29.5 Å². The van der Waals surface area contributed by atoms with Crippen LogP contribution in [-0.4, -0.2) is 81.7 Å². The Morgan fingerprint density at radius 3 is 1.54 bits per heavy atom. The summed E-state index contributed by atoms with van der Waals surface area (Å²) in [5, 5.41) is 10.5. The predicted molar refractivity (Wildman–Crippen MR) is 190 cm³/mol. The summed E-state index contributed by atoms with van der Waals surface area (Å²) >= 11 is 0. The summed E-state index contributed by atoms with van der Waals surface area (Å²) in [6, 6.07) is 7.64. The first-order chi connectivity index (χ1) is 24.2. The molecular formula is C38H66O12. The average molecular weight is 715 g/mol. The van der Waals surface area contributed by atoms with Crippen LogP contribution in [0, 0.1) is 0 Å². The van der Waals surface area contributed by atoms with Gasteiger partial charge in [0, 0.05) is 13.2 Å². The van der Waals surface area contributed by atoms with Crippen molar-refractivity contribution in [2.75, 3.05) is 52.9 Å². The predicted octanol–water partition coefficient (Wildman–Crippen LogP) is 8.31. The second-order valence-corrected chi connectivity index (χ2v) is 11.2. The highest BCUT2D eigenvalue weighted by molar-refractivity contribution is 5.84. The van der Waals surface area contributed by atoms with Crippen LogP contribution in [0.25, 0.3) is 0 Å². The maximum atomic E-state index is 12.9. The molecule has 0 atom stereocenters. The molecule has 0 saturated carbocycles. The molecule has 50 heavy (non-hydrogen) atoms. The largest absolute Gasteiger partial charge is 0.475 e. The number of carboxylic acid groups (broad SMARTS) is 1. The van der Waals surface area contributed by atoms with Gasteiger partial charge in [0.2, 0.25) is 0 Å². The van der Waals surface area contributed by atoms with E-state index in [9.17, 15) is 9.90 Å². The maximum Gasteiger partial charge on any atom is 0.395 e. The minimum absolute atomic E-state index is 0.00926. The molecule has 12 nitrogen and oxygen atoms in total. The third-order valence-electron chi connectivity index (χ3n) is 7.41. The lowest BCUT2D eigenvalue weighted by molar-refractivity contribution is -0.575. The van der Waals surface area contributed by atoms with E-state index in [2.05, 4.69) is 6.92 Å². The van der Waals surface area contributed by atoms with Gasteiger partial charge in [-0.05, 0) is 85.4 Å². The summed E-state index contributed by atoms with van der Waals surface area (Å²) in [7, 11) is 0. The van der Waals surface area contributed by atoms with Crippen molar-refractivity contribution in [2.45, 2.75) is 138 Å². The third kappa shape index (κ3) is 12.9. The van der Waals surface area contributed by atoms with Crippen LogP contribution in [0.4, 0.5) is 0 Å². The molecule has 0 aromatic heterocycles. The van der Waals surface area contributed by atoms with E-state index in [1.54, 1.807) is 48.5 Å². The molecule has 0 amide bonds. The van der Waals surface area contributed by atoms with Crippen molar-refractivity contribution < 1.29 is 57.3 Å². The molecule has 0 radical (unpaired) electrons. The zero-order valence-corrected chi connectivity index (χ0v) is 32.3. The number of carboxylic acids is 1. The second-order valence-electron chi connectivity index (χ2n) is 11.2. The molecule has 0 spiro atoms. The van der Waals surface area contributed by atoms with Gasteiger partial charge in [0.1, 0.15) is 5.75 Å². The summed E-state index contributed by atoms with van der Waals surface area (Å²) in [4.78, 5) is 12.9. The van der Waals surface area contributed by atoms with Crippen molar-refractivity contribution in [3.05, 3.63) is 41.5 Å². The highest BCUT2D eigenvalue weighted by Crippen LogP contribution is 2.47. The number of carbonyl (C=O) groups is 1. The van der Waals surface area contributed by atoms with E-state index in [1.807, 2.05) is 31.2 Å². The Bertz CT molecular complexity index is 1040. The summed E-state index contributed by atoms with van der Waals surface area (Å²) in [6.07, 6.45) is 10.1. The molecule has 1 aromatic rings. The van der Waals surface area contributed by atoms with Crippen molar-refractivity contribution in [1.29, 1.82) is 0 Å². The Morgan fingerprint density at radius 1 is 0.580 bits per heavy atom. The number of ether oxygens (including phenoxy) is 10. The molecule has 0 aliphatic heterocycles. The van der Waals surface area contributed by atoms with Gasteiger partial charge in [0.05, 0.1) is 39.6 Å². The Hall–Kier alpha value is -2.61. The molecule has 0 aliphatic carbocycles. The fourth-order valence-electron chi connectivity index (χ4n) is 5.44. The van der Waals surface area contributed by atoms with Gasteiger partial charge in [-0.3, -0.25) is 0 Å². The highest BCUT2D eigenvalue weighted by Gasteiger charge is 2.77. The van der Waals surface area contributed by atoms with Crippen molar-refractivity contribution in [2.24, 2.45) is 0 Å². The topological polar surface area (TPSA) is 130 Å². The fraction of sp³-hybridized carbons (Fsp3) is 0.763. The number of unbranched alkanes of at least 4 members (excludes halogenated alkanes) is 6. The van der Waals surface area contributed by atoms with Gasteiger partial charge >= 0.3 is 29.6 Å². The smallest absolute Gasteiger partial charge is 0.395 e. The first-order valence-corrected chi connectivity index (χ1v) is 18.7. The van der Waals surface area contributed by atoms with Crippen LogP contribution in [0.1, 0.15) is 119 Å². The normalized spacial score (nSPS) is 12.8. The number of hydrogen-bond donors (Lipinski definition) is 1. The molecule has 0 saturated heterocycles. The van der Waals surface area contributed by atoms with E-state index in [-0.39, 0.29) is 58.8 Å². The summed E-state index contributed by atoms with van der Waals surface area (Å²) < 4.78 is 62.3. The third-order valence-corrected chi connectivity index (χ3v) is 7.41. The molecule has 0 unspecified atom stereocenters. The number of benzene rings is 1. The first kappa shape index (κ1) is 45.4. The van der Waals surface area contributed by atoms with Crippen molar-refractivity contribution in [3.63, 3.8) is 0 Å². The van der Waals surface area contributed by atoms with Crippen molar-refractivity contribution >= 4 is 5.97 Å². The van der Waals surface area contributed by atoms with E-state index in [0.29, 0.717) is 12.2 Å². The zero-order chi connectivity index (χ0) is 37.3. The Morgan fingerprint density at radius 2 is 1.08 bits per heavy atom. The number of rotatable bonds is 32.